The molecule has 1 aliphatic rings. The van der Waals surface area contributed by atoms with Gasteiger partial charge in [-0.1, -0.05) is 0 Å². The van der Waals surface area contributed by atoms with Crippen LogP contribution in [0.2, 0.25) is 0 Å². The van der Waals surface area contributed by atoms with Crippen molar-refractivity contribution in [3.63, 3.8) is 0 Å². The Kier molecular flexibility index (Phi) is 2.34. The van der Waals surface area contributed by atoms with Gasteiger partial charge in [0.2, 0.25) is 5.95 Å². The van der Waals surface area contributed by atoms with Crippen LogP contribution in [-0.4, -0.2) is 37.4 Å². The fourth-order valence-corrected chi connectivity index (χ4v) is 2.32. The molecule has 2 aromatic rings. The van der Waals surface area contributed by atoms with Gasteiger partial charge < -0.3 is 15.4 Å². The first kappa shape index (κ1) is 11.1. The highest BCUT2D eigenvalue weighted by molar-refractivity contribution is 5.70. The molecule has 0 aliphatic heterocycles. The summed E-state index contributed by atoms with van der Waals surface area (Å²) in [6, 6.07) is -0.444. The van der Waals surface area contributed by atoms with E-state index in [1.165, 1.54) is 10.9 Å². The monoisotopic (exact) mass is 253 g/mol. The first-order valence-corrected chi connectivity index (χ1v) is 5.59. The van der Waals surface area contributed by atoms with E-state index < -0.39 is 17.8 Å². The molecule has 1 saturated carbocycles. The second-order valence-electron chi connectivity index (χ2n) is 4.47. The van der Waals surface area contributed by atoms with E-state index in [-0.39, 0.29) is 29.6 Å². The van der Waals surface area contributed by atoms with Crippen LogP contribution < -0.4 is 11.3 Å². The highest BCUT2D eigenvalue weighted by Crippen LogP contribution is 2.41. The Hall–Kier alpha value is -1.96. The summed E-state index contributed by atoms with van der Waals surface area (Å²) in [4.78, 5) is 21.8. The van der Waals surface area contributed by atoms with Gasteiger partial charge in [0, 0.05) is 12.5 Å². The van der Waals surface area contributed by atoms with E-state index in [9.17, 15) is 9.18 Å². The third-order valence-corrected chi connectivity index (χ3v) is 3.40. The minimum absolute atomic E-state index is 0.0253. The van der Waals surface area contributed by atoms with E-state index in [0.29, 0.717) is 6.42 Å². The Balaban J connectivity index is 2.06. The molecule has 7 nitrogen and oxygen atoms in total. The van der Waals surface area contributed by atoms with Crippen molar-refractivity contribution < 1.29 is 9.50 Å². The van der Waals surface area contributed by atoms with Crippen LogP contribution in [0.15, 0.2) is 11.1 Å². The number of nitrogens with zero attached hydrogens (tertiary/aromatic N) is 3. The van der Waals surface area contributed by atoms with Gasteiger partial charge in [0.05, 0.1) is 12.4 Å². The fraction of sp³-hybridized carbons (Fsp3) is 0.500. The number of aliphatic hydroxyl groups excluding tert-OH is 1. The van der Waals surface area contributed by atoms with Crippen LogP contribution >= 0.6 is 0 Å². The lowest BCUT2D eigenvalue weighted by molar-refractivity contribution is 0.00326. The van der Waals surface area contributed by atoms with Crippen LogP contribution in [-0.2, 0) is 0 Å². The summed E-state index contributed by atoms with van der Waals surface area (Å²) in [6.07, 6.45) is 0.726. The number of nitrogens with one attached hydrogen (secondary N) is 1. The Bertz CT molecular complexity index is 651. The standard InChI is InChI=1S/C10H12FN5O2/c11-6-4(2-17)1-5(6)16-3-13-7-8(16)14-10(12)15-9(7)18/h3-6,17H,1-2H2,(H3,12,14,15,18)/t4-,5-,6-/m1/s1. The van der Waals surface area contributed by atoms with Gasteiger partial charge in [-0.15, -0.1) is 0 Å². The van der Waals surface area contributed by atoms with Crippen LogP contribution in [0.3, 0.4) is 0 Å². The average molecular weight is 253 g/mol. The summed E-state index contributed by atoms with van der Waals surface area (Å²) in [6.45, 7) is -0.180. The second-order valence-corrected chi connectivity index (χ2v) is 4.47. The smallest absolute Gasteiger partial charge is 0.280 e. The number of aromatic amines is 1. The summed E-state index contributed by atoms with van der Waals surface area (Å²) < 4.78 is 15.3. The van der Waals surface area contributed by atoms with E-state index in [0.717, 1.165) is 0 Å². The van der Waals surface area contributed by atoms with Crippen LogP contribution in [0.5, 0.6) is 0 Å². The Morgan fingerprint density at radius 2 is 2.44 bits per heavy atom. The first-order valence-electron chi connectivity index (χ1n) is 5.59. The number of imidazole rings is 1. The van der Waals surface area contributed by atoms with Crippen molar-refractivity contribution in [3.8, 4) is 0 Å². The number of H-pyrrole nitrogens is 1. The topological polar surface area (TPSA) is 110 Å². The summed E-state index contributed by atoms with van der Waals surface area (Å²) in [5.41, 5.74) is 5.44. The van der Waals surface area contributed by atoms with Gasteiger partial charge in [-0.3, -0.25) is 9.78 Å². The SMILES string of the molecule is Nc1nc2c(ncn2[C@@H]2C[C@H](CO)[C@H]2F)c(=O)[nH]1. The molecular weight excluding hydrogens is 241 g/mol. The Morgan fingerprint density at radius 3 is 3.11 bits per heavy atom. The summed E-state index contributed by atoms with van der Waals surface area (Å²) >= 11 is 0. The van der Waals surface area contributed by atoms with Crippen LogP contribution in [0.4, 0.5) is 10.3 Å². The fourth-order valence-electron chi connectivity index (χ4n) is 2.32. The van der Waals surface area contributed by atoms with Gasteiger partial charge >= 0.3 is 0 Å². The first-order chi connectivity index (χ1) is 8.61. The molecule has 18 heavy (non-hydrogen) atoms. The quantitative estimate of drug-likeness (QED) is 0.674. The number of nitrogen functional groups attached to an aromatic ring is 1. The van der Waals surface area contributed by atoms with Crippen LogP contribution in [0, 0.1) is 5.92 Å². The Labute approximate surface area is 100 Å². The molecule has 96 valence electrons. The molecule has 3 rings (SSSR count). The van der Waals surface area contributed by atoms with E-state index >= 15 is 0 Å². The van der Waals surface area contributed by atoms with Crippen molar-refractivity contribution in [2.24, 2.45) is 5.92 Å². The lowest BCUT2D eigenvalue weighted by Gasteiger charge is -2.39. The zero-order valence-electron chi connectivity index (χ0n) is 9.38. The predicted molar refractivity (Wildman–Crippen MR) is 61.7 cm³/mol. The zero-order valence-corrected chi connectivity index (χ0v) is 9.38. The maximum absolute atomic E-state index is 13.8. The molecule has 0 radical (unpaired) electrons. The molecule has 0 unspecified atom stereocenters. The van der Waals surface area contributed by atoms with Crippen molar-refractivity contribution in [1.82, 2.24) is 19.5 Å². The molecule has 0 bridgehead atoms. The number of anilines is 1. The van der Waals surface area contributed by atoms with E-state index in [4.69, 9.17) is 10.8 Å². The Morgan fingerprint density at radius 1 is 1.67 bits per heavy atom. The number of rotatable bonds is 2. The molecule has 0 spiro atoms. The van der Waals surface area contributed by atoms with Gasteiger partial charge in [0.25, 0.3) is 5.56 Å². The number of halogens is 1. The van der Waals surface area contributed by atoms with Crippen LogP contribution in [0.1, 0.15) is 12.5 Å². The molecule has 4 N–H and O–H groups in total. The minimum atomic E-state index is -1.16. The van der Waals surface area contributed by atoms with E-state index in [1.54, 1.807) is 0 Å². The molecule has 3 atom stereocenters. The van der Waals surface area contributed by atoms with Crippen LogP contribution in [0.25, 0.3) is 11.2 Å². The average Bonchev–Trinajstić information content (AvgIpc) is 2.72. The molecule has 2 aromatic heterocycles. The van der Waals surface area contributed by atoms with E-state index in [2.05, 4.69) is 15.0 Å². The number of aliphatic hydroxyl groups is 1. The highest BCUT2D eigenvalue weighted by Gasteiger charge is 2.43. The number of hydrogen-bond donors (Lipinski definition) is 3. The molecular formula is C10H12FN5O2. The van der Waals surface area contributed by atoms with E-state index in [1.807, 2.05) is 0 Å². The van der Waals surface area contributed by atoms with Gasteiger partial charge in [-0.2, -0.15) is 4.98 Å². The maximum atomic E-state index is 13.8. The molecule has 0 saturated heterocycles. The molecule has 1 aliphatic carbocycles. The molecule has 0 amide bonds. The highest BCUT2D eigenvalue weighted by atomic mass is 19.1. The van der Waals surface area contributed by atoms with Crippen molar-refractivity contribution in [1.29, 1.82) is 0 Å². The van der Waals surface area contributed by atoms with Crippen molar-refractivity contribution in [2.75, 3.05) is 12.3 Å². The summed E-state index contributed by atoms with van der Waals surface area (Å²) in [5.74, 6) is -0.380. The molecule has 1 fully saturated rings. The zero-order chi connectivity index (χ0) is 12.9. The minimum Gasteiger partial charge on any atom is -0.396 e. The number of aromatic nitrogens is 4. The third-order valence-electron chi connectivity index (χ3n) is 3.40. The lowest BCUT2D eigenvalue weighted by Crippen LogP contribution is -2.42. The number of alkyl halides is 1. The second kappa shape index (κ2) is 3.77. The summed E-state index contributed by atoms with van der Waals surface area (Å²) in [5, 5.41) is 8.92. The normalized spacial score (nSPS) is 27.3. The predicted octanol–water partition coefficient (Wildman–Crippen LogP) is -0.407. The van der Waals surface area contributed by atoms with Crippen molar-refractivity contribution in [3.05, 3.63) is 16.7 Å². The van der Waals surface area contributed by atoms with Crippen molar-refractivity contribution >= 4 is 17.1 Å². The third kappa shape index (κ3) is 1.42. The molecule has 8 heteroatoms. The largest absolute Gasteiger partial charge is 0.396 e. The van der Waals surface area contributed by atoms with Crippen molar-refractivity contribution in [2.45, 2.75) is 18.6 Å². The van der Waals surface area contributed by atoms with Gasteiger partial charge in [-0.25, -0.2) is 9.37 Å². The maximum Gasteiger partial charge on any atom is 0.280 e. The van der Waals surface area contributed by atoms with Gasteiger partial charge in [-0.05, 0) is 6.42 Å². The summed E-state index contributed by atoms with van der Waals surface area (Å²) in [7, 11) is 0. The number of fused-ring (bicyclic) bond motifs is 1. The van der Waals surface area contributed by atoms with Gasteiger partial charge in [0.1, 0.15) is 6.17 Å². The van der Waals surface area contributed by atoms with Gasteiger partial charge in [0.15, 0.2) is 11.2 Å². The number of hydrogen-bond acceptors (Lipinski definition) is 5. The molecule has 2 heterocycles. The molecule has 0 aromatic carbocycles. The number of nitrogens with two attached hydrogens (primary N) is 1. The lowest BCUT2D eigenvalue weighted by atomic mass is 9.78.